The molecule has 27 heavy (non-hydrogen) atoms. The van der Waals surface area contributed by atoms with Crippen LogP contribution >= 0.6 is 11.8 Å². The Morgan fingerprint density at radius 2 is 1.52 bits per heavy atom. The molecular weight excluding hydrogens is 352 g/mol. The summed E-state index contributed by atoms with van der Waals surface area (Å²) in [5.74, 6) is 0. The minimum Gasteiger partial charge on any atom is -0.331 e. The first-order chi connectivity index (χ1) is 13.0. The van der Waals surface area contributed by atoms with E-state index in [-0.39, 0.29) is 12.1 Å². The van der Waals surface area contributed by atoms with Crippen molar-refractivity contribution >= 4 is 29.2 Å². The highest BCUT2D eigenvalue weighted by Crippen LogP contribution is 2.47. The van der Waals surface area contributed by atoms with Gasteiger partial charge in [-0.25, -0.2) is 4.79 Å². The fraction of sp³-hybridized carbons (Fsp3) is 0.174. The number of anilines is 2. The van der Waals surface area contributed by atoms with Gasteiger partial charge >= 0.3 is 6.03 Å². The normalized spacial score (nSPS) is 13.5. The van der Waals surface area contributed by atoms with Crippen molar-refractivity contribution in [1.29, 1.82) is 0 Å². The highest BCUT2D eigenvalue weighted by Gasteiger charge is 2.28. The van der Waals surface area contributed by atoms with Gasteiger partial charge in [0.25, 0.3) is 0 Å². The molecule has 1 N–H and O–H groups in total. The molecule has 0 bridgehead atoms. The average Bonchev–Trinajstić information content (AvgIpc) is 2.65. The van der Waals surface area contributed by atoms with Crippen molar-refractivity contribution in [2.45, 2.75) is 36.6 Å². The molecule has 4 rings (SSSR count). The number of carbonyl (C=O) groups excluding carboxylic acids is 1. The zero-order chi connectivity index (χ0) is 19.0. The van der Waals surface area contributed by atoms with E-state index in [0.717, 1.165) is 26.7 Å². The maximum absolute atomic E-state index is 13.3. The quantitative estimate of drug-likeness (QED) is 0.565. The number of hydrogen-bond acceptors (Lipinski definition) is 2. The summed E-state index contributed by atoms with van der Waals surface area (Å²) < 4.78 is 0. The summed E-state index contributed by atoms with van der Waals surface area (Å²) >= 11 is 1.70. The van der Waals surface area contributed by atoms with E-state index in [4.69, 9.17) is 0 Å². The monoisotopic (exact) mass is 374 g/mol. The van der Waals surface area contributed by atoms with Gasteiger partial charge in [0.2, 0.25) is 0 Å². The minimum absolute atomic E-state index is 0.0768. The van der Waals surface area contributed by atoms with Crippen molar-refractivity contribution < 1.29 is 4.79 Å². The van der Waals surface area contributed by atoms with E-state index in [1.54, 1.807) is 16.7 Å². The molecule has 0 spiro atoms. The van der Waals surface area contributed by atoms with Gasteiger partial charge in [0.15, 0.2) is 0 Å². The third-order valence-corrected chi connectivity index (χ3v) is 6.00. The van der Waals surface area contributed by atoms with E-state index in [0.29, 0.717) is 0 Å². The Morgan fingerprint density at radius 1 is 0.926 bits per heavy atom. The Hall–Kier alpha value is -2.72. The predicted molar refractivity (Wildman–Crippen MR) is 112 cm³/mol. The second-order valence-corrected chi connectivity index (χ2v) is 7.99. The van der Waals surface area contributed by atoms with E-state index in [1.165, 1.54) is 11.1 Å². The molecule has 3 aromatic carbocycles. The summed E-state index contributed by atoms with van der Waals surface area (Å²) in [6, 6.07) is 22.2. The van der Waals surface area contributed by atoms with Gasteiger partial charge < -0.3 is 5.32 Å². The summed E-state index contributed by atoms with van der Waals surface area (Å²) in [7, 11) is 0. The zero-order valence-corrected chi connectivity index (χ0v) is 16.5. The SMILES string of the molecule is Cc1ccc([C@H](C)NC(=O)N2c3ccccc3Sc3ccccc32)c(C)c1. The molecule has 0 saturated carbocycles. The molecule has 1 aliphatic rings. The van der Waals surface area contributed by atoms with Crippen LogP contribution < -0.4 is 10.2 Å². The molecule has 3 nitrogen and oxygen atoms in total. The van der Waals surface area contributed by atoms with Gasteiger partial charge in [0, 0.05) is 9.79 Å². The van der Waals surface area contributed by atoms with Crippen LogP contribution in [0.15, 0.2) is 76.5 Å². The minimum atomic E-state index is -0.109. The first kappa shape index (κ1) is 17.7. The summed E-state index contributed by atoms with van der Waals surface area (Å²) in [5.41, 5.74) is 5.41. The number of nitrogens with zero attached hydrogens (tertiary/aromatic N) is 1. The van der Waals surface area contributed by atoms with E-state index >= 15 is 0 Å². The Morgan fingerprint density at radius 3 is 2.11 bits per heavy atom. The second-order valence-electron chi connectivity index (χ2n) is 6.90. The van der Waals surface area contributed by atoms with Crippen molar-refractivity contribution in [3.8, 4) is 0 Å². The molecule has 1 heterocycles. The Balaban J connectivity index is 1.67. The molecule has 2 amide bonds. The molecule has 136 valence electrons. The van der Waals surface area contributed by atoms with Crippen molar-refractivity contribution in [2.75, 3.05) is 4.90 Å². The second kappa shape index (κ2) is 7.12. The third kappa shape index (κ3) is 3.33. The standard InChI is InChI=1S/C23H22N2OS/c1-15-12-13-18(16(2)14-15)17(3)24-23(26)25-19-8-4-6-10-21(19)27-22-11-7-5-9-20(22)25/h4-14,17H,1-3H3,(H,24,26)/t17-/m0/s1. The van der Waals surface area contributed by atoms with Gasteiger partial charge in [0.1, 0.15) is 0 Å². The predicted octanol–water partition coefficient (Wildman–Crippen LogP) is 6.38. The number of carbonyl (C=O) groups is 1. The molecule has 0 unspecified atom stereocenters. The van der Waals surface area contributed by atoms with E-state index in [1.807, 2.05) is 43.3 Å². The summed E-state index contributed by atoms with van der Waals surface area (Å²) in [4.78, 5) is 17.3. The molecule has 0 aliphatic carbocycles. The number of rotatable bonds is 2. The summed E-state index contributed by atoms with van der Waals surface area (Å²) in [6.45, 7) is 6.21. The number of amides is 2. The molecule has 1 atom stereocenters. The number of hydrogen-bond donors (Lipinski definition) is 1. The van der Waals surface area contributed by atoms with Crippen molar-refractivity contribution in [3.05, 3.63) is 83.4 Å². The van der Waals surface area contributed by atoms with Crippen LogP contribution in [0.1, 0.15) is 29.7 Å². The molecule has 4 heteroatoms. The fourth-order valence-corrected chi connectivity index (χ4v) is 4.62. The van der Waals surface area contributed by atoms with E-state index in [2.05, 4.69) is 49.5 Å². The lowest BCUT2D eigenvalue weighted by Gasteiger charge is -2.32. The summed E-state index contributed by atoms with van der Waals surface area (Å²) in [5, 5.41) is 3.19. The molecule has 0 fully saturated rings. The molecule has 0 radical (unpaired) electrons. The highest BCUT2D eigenvalue weighted by molar-refractivity contribution is 7.99. The van der Waals surface area contributed by atoms with Gasteiger partial charge in [-0.2, -0.15) is 0 Å². The lowest BCUT2D eigenvalue weighted by Crippen LogP contribution is -2.39. The Bertz CT molecular complexity index is 969. The van der Waals surface area contributed by atoms with Gasteiger partial charge in [-0.05, 0) is 56.2 Å². The number of fused-ring (bicyclic) bond motifs is 2. The van der Waals surface area contributed by atoms with Crippen LogP contribution in [0.25, 0.3) is 0 Å². The molecular formula is C23H22N2OS. The van der Waals surface area contributed by atoms with Gasteiger partial charge in [-0.3, -0.25) is 4.90 Å². The van der Waals surface area contributed by atoms with Crippen molar-refractivity contribution in [3.63, 3.8) is 0 Å². The van der Waals surface area contributed by atoms with Crippen LogP contribution in [0, 0.1) is 13.8 Å². The highest BCUT2D eigenvalue weighted by atomic mass is 32.2. The van der Waals surface area contributed by atoms with E-state index in [9.17, 15) is 4.79 Å². The Kier molecular flexibility index (Phi) is 4.66. The molecule has 3 aromatic rings. The van der Waals surface area contributed by atoms with Crippen LogP contribution in [0.3, 0.4) is 0 Å². The zero-order valence-electron chi connectivity index (χ0n) is 15.7. The van der Waals surface area contributed by atoms with Crippen LogP contribution in [-0.4, -0.2) is 6.03 Å². The molecule has 0 saturated heterocycles. The first-order valence-corrected chi connectivity index (χ1v) is 9.90. The summed E-state index contributed by atoms with van der Waals surface area (Å²) in [6.07, 6.45) is 0. The van der Waals surface area contributed by atoms with Gasteiger partial charge in [-0.15, -0.1) is 0 Å². The number of para-hydroxylation sites is 2. The third-order valence-electron chi connectivity index (χ3n) is 4.87. The maximum Gasteiger partial charge on any atom is 0.327 e. The van der Waals surface area contributed by atoms with Crippen molar-refractivity contribution in [1.82, 2.24) is 5.32 Å². The average molecular weight is 375 g/mol. The molecule has 1 aliphatic heterocycles. The number of urea groups is 1. The number of benzene rings is 3. The van der Waals surface area contributed by atoms with Crippen LogP contribution in [-0.2, 0) is 0 Å². The van der Waals surface area contributed by atoms with E-state index < -0.39 is 0 Å². The van der Waals surface area contributed by atoms with Crippen molar-refractivity contribution in [2.24, 2.45) is 0 Å². The first-order valence-electron chi connectivity index (χ1n) is 9.08. The van der Waals surface area contributed by atoms with Crippen LogP contribution in [0.2, 0.25) is 0 Å². The number of aryl methyl sites for hydroxylation is 2. The number of nitrogens with one attached hydrogen (secondary N) is 1. The largest absolute Gasteiger partial charge is 0.331 e. The topological polar surface area (TPSA) is 32.3 Å². The van der Waals surface area contributed by atoms with Gasteiger partial charge in [0.05, 0.1) is 17.4 Å². The van der Waals surface area contributed by atoms with Crippen LogP contribution in [0.5, 0.6) is 0 Å². The lowest BCUT2D eigenvalue weighted by molar-refractivity contribution is 0.245. The lowest BCUT2D eigenvalue weighted by atomic mass is 10.0. The van der Waals surface area contributed by atoms with Gasteiger partial charge in [-0.1, -0.05) is 59.8 Å². The Labute approximate surface area is 164 Å². The smallest absolute Gasteiger partial charge is 0.327 e. The maximum atomic E-state index is 13.3. The fourth-order valence-electron chi connectivity index (χ4n) is 3.56. The van der Waals surface area contributed by atoms with Crippen LogP contribution in [0.4, 0.5) is 16.2 Å². The molecule has 0 aromatic heterocycles.